The van der Waals surface area contributed by atoms with Gasteiger partial charge in [0.05, 0.1) is 10.6 Å². The number of hydrogen-bond donors (Lipinski definition) is 1. The Kier molecular flexibility index (Phi) is 3.76. The first-order valence-electron chi connectivity index (χ1n) is 5.84. The molecule has 1 amide bonds. The van der Waals surface area contributed by atoms with Crippen molar-refractivity contribution in [1.82, 2.24) is 0 Å². The predicted molar refractivity (Wildman–Crippen MR) is 72.9 cm³/mol. The van der Waals surface area contributed by atoms with E-state index >= 15 is 0 Å². The molecule has 0 aliphatic heterocycles. The summed E-state index contributed by atoms with van der Waals surface area (Å²) < 4.78 is 0. The maximum atomic E-state index is 12.1. The fourth-order valence-corrected chi connectivity index (χ4v) is 1.76. The average molecular weight is 272 g/mol. The van der Waals surface area contributed by atoms with Gasteiger partial charge in [-0.1, -0.05) is 18.2 Å². The van der Waals surface area contributed by atoms with Crippen molar-refractivity contribution >= 4 is 17.3 Å². The summed E-state index contributed by atoms with van der Waals surface area (Å²) in [5.74, 6) is -0.644. The maximum Gasteiger partial charge on any atom is 0.282 e. The van der Waals surface area contributed by atoms with Gasteiger partial charge in [-0.3, -0.25) is 20.1 Å². The van der Waals surface area contributed by atoms with Gasteiger partial charge in [0.2, 0.25) is 0 Å². The normalized spacial score (nSPS) is 10.1. The van der Waals surface area contributed by atoms with E-state index in [-0.39, 0.29) is 11.3 Å². The summed E-state index contributed by atoms with van der Waals surface area (Å²) in [6, 6.07) is 11.9. The van der Waals surface area contributed by atoms with Gasteiger partial charge in [0.25, 0.3) is 11.6 Å². The standard InChI is InChI=1S/C14H12N2O4/c1-10-4-2-3-5-13(10)15(18)14(17)11-6-8-12(9-7-11)16(19)20/h2-9,18H,1H3. The average Bonchev–Trinajstić information content (AvgIpc) is 2.46. The van der Waals surface area contributed by atoms with Gasteiger partial charge in [0.1, 0.15) is 0 Å². The molecule has 0 aliphatic carbocycles. The second-order valence-corrected chi connectivity index (χ2v) is 4.21. The summed E-state index contributed by atoms with van der Waals surface area (Å²) in [4.78, 5) is 22.1. The van der Waals surface area contributed by atoms with Crippen molar-refractivity contribution in [2.45, 2.75) is 6.92 Å². The second kappa shape index (κ2) is 5.50. The largest absolute Gasteiger partial charge is 0.282 e. The third-order valence-corrected chi connectivity index (χ3v) is 2.86. The number of benzene rings is 2. The number of carbonyl (C=O) groups excluding carboxylic acids is 1. The van der Waals surface area contributed by atoms with E-state index < -0.39 is 10.8 Å². The molecule has 0 bridgehead atoms. The van der Waals surface area contributed by atoms with Crippen LogP contribution < -0.4 is 5.06 Å². The van der Waals surface area contributed by atoms with Crippen molar-refractivity contribution in [2.24, 2.45) is 0 Å². The van der Waals surface area contributed by atoms with Crippen LogP contribution in [0.5, 0.6) is 0 Å². The van der Waals surface area contributed by atoms with Crippen LogP contribution in [-0.2, 0) is 0 Å². The fraction of sp³-hybridized carbons (Fsp3) is 0.0714. The molecule has 0 saturated carbocycles. The molecular weight excluding hydrogens is 260 g/mol. The lowest BCUT2D eigenvalue weighted by Gasteiger charge is -2.16. The Balaban J connectivity index is 2.27. The lowest BCUT2D eigenvalue weighted by Crippen LogP contribution is -2.27. The number of aryl methyl sites for hydroxylation is 1. The summed E-state index contributed by atoms with van der Waals surface area (Å²) in [6.07, 6.45) is 0. The molecule has 2 aromatic rings. The Hall–Kier alpha value is -2.73. The number of anilines is 1. The molecule has 1 N–H and O–H groups in total. The molecule has 0 radical (unpaired) electrons. The van der Waals surface area contributed by atoms with Gasteiger partial charge in [-0.25, -0.2) is 0 Å². The minimum absolute atomic E-state index is 0.109. The van der Waals surface area contributed by atoms with Crippen LogP contribution in [0.4, 0.5) is 11.4 Å². The zero-order valence-corrected chi connectivity index (χ0v) is 10.7. The second-order valence-electron chi connectivity index (χ2n) is 4.21. The van der Waals surface area contributed by atoms with Crippen molar-refractivity contribution in [3.8, 4) is 0 Å². The van der Waals surface area contributed by atoms with E-state index in [9.17, 15) is 20.1 Å². The molecule has 0 fully saturated rings. The van der Waals surface area contributed by atoms with E-state index in [4.69, 9.17) is 0 Å². The number of hydroxylamine groups is 1. The first kappa shape index (κ1) is 13.7. The highest BCUT2D eigenvalue weighted by Crippen LogP contribution is 2.20. The number of nitrogens with zero attached hydrogens (tertiary/aromatic N) is 2. The van der Waals surface area contributed by atoms with E-state index in [2.05, 4.69) is 0 Å². The van der Waals surface area contributed by atoms with Crippen LogP contribution in [0.15, 0.2) is 48.5 Å². The van der Waals surface area contributed by atoms with Gasteiger partial charge >= 0.3 is 0 Å². The Morgan fingerprint density at radius 3 is 2.30 bits per heavy atom. The fourth-order valence-electron chi connectivity index (χ4n) is 1.76. The number of amides is 1. The smallest absolute Gasteiger partial charge is 0.281 e. The topological polar surface area (TPSA) is 83.7 Å². The number of hydrogen-bond acceptors (Lipinski definition) is 4. The number of rotatable bonds is 3. The number of para-hydroxylation sites is 1. The minimum atomic E-state index is -0.644. The summed E-state index contributed by atoms with van der Waals surface area (Å²) in [7, 11) is 0. The highest BCUT2D eigenvalue weighted by atomic mass is 16.6. The summed E-state index contributed by atoms with van der Waals surface area (Å²) in [5, 5.41) is 21.0. The van der Waals surface area contributed by atoms with Crippen LogP contribution in [0.1, 0.15) is 15.9 Å². The third-order valence-electron chi connectivity index (χ3n) is 2.86. The van der Waals surface area contributed by atoms with E-state index in [0.29, 0.717) is 10.8 Å². The molecule has 20 heavy (non-hydrogen) atoms. The summed E-state index contributed by atoms with van der Waals surface area (Å²) >= 11 is 0. The van der Waals surface area contributed by atoms with E-state index in [0.717, 1.165) is 5.56 Å². The number of nitro groups is 1. The Bertz CT molecular complexity index is 652. The van der Waals surface area contributed by atoms with Crippen molar-refractivity contribution < 1.29 is 14.9 Å². The Morgan fingerprint density at radius 1 is 1.15 bits per heavy atom. The summed E-state index contributed by atoms with van der Waals surface area (Å²) in [5.41, 5.74) is 1.17. The predicted octanol–water partition coefficient (Wildman–Crippen LogP) is 2.94. The van der Waals surface area contributed by atoms with Crippen LogP contribution in [0.2, 0.25) is 0 Å². The van der Waals surface area contributed by atoms with Crippen LogP contribution in [0.3, 0.4) is 0 Å². The number of non-ortho nitro benzene ring substituents is 1. The maximum absolute atomic E-state index is 12.1. The molecule has 0 heterocycles. The van der Waals surface area contributed by atoms with E-state index in [1.54, 1.807) is 31.2 Å². The van der Waals surface area contributed by atoms with E-state index in [1.165, 1.54) is 24.3 Å². The molecule has 2 rings (SSSR count). The van der Waals surface area contributed by atoms with Crippen molar-refractivity contribution in [1.29, 1.82) is 0 Å². The van der Waals surface area contributed by atoms with Crippen molar-refractivity contribution in [2.75, 3.05) is 5.06 Å². The zero-order chi connectivity index (χ0) is 14.7. The van der Waals surface area contributed by atoms with Crippen LogP contribution in [0.25, 0.3) is 0 Å². The number of carbonyl (C=O) groups is 1. The Morgan fingerprint density at radius 2 is 1.75 bits per heavy atom. The van der Waals surface area contributed by atoms with Crippen LogP contribution in [-0.4, -0.2) is 16.0 Å². The molecule has 0 aromatic heterocycles. The van der Waals surface area contributed by atoms with Gasteiger partial charge in [-0.2, -0.15) is 5.06 Å². The van der Waals surface area contributed by atoms with Crippen molar-refractivity contribution in [3.63, 3.8) is 0 Å². The quantitative estimate of drug-likeness (QED) is 0.529. The molecule has 6 nitrogen and oxygen atoms in total. The first-order chi connectivity index (χ1) is 9.50. The highest BCUT2D eigenvalue weighted by Gasteiger charge is 2.18. The molecular formula is C14H12N2O4. The molecule has 0 spiro atoms. The molecule has 6 heteroatoms. The molecule has 0 atom stereocenters. The third kappa shape index (κ3) is 2.65. The van der Waals surface area contributed by atoms with Crippen LogP contribution >= 0.6 is 0 Å². The lowest BCUT2D eigenvalue weighted by atomic mass is 10.1. The lowest BCUT2D eigenvalue weighted by molar-refractivity contribution is -0.384. The first-order valence-corrected chi connectivity index (χ1v) is 5.84. The molecule has 0 saturated heterocycles. The van der Waals surface area contributed by atoms with Gasteiger partial charge in [0, 0.05) is 17.7 Å². The van der Waals surface area contributed by atoms with Crippen molar-refractivity contribution in [3.05, 3.63) is 69.8 Å². The number of nitro benzene ring substituents is 1. The minimum Gasteiger partial charge on any atom is -0.281 e. The Labute approximate surface area is 115 Å². The molecule has 0 unspecified atom stereocenters. The monoisotopic (exact) mass is 272 g/mol. The zero-order valence-electron chi connectivity index (χ0n) is 10.7. The van der Waals surface area contributed by atoms with Gasteiger partial charge < -0.3 is 0 Å². The summed E-state index contributed by atoms with van der Waals surface area (Å²) in [6.45, 7) is 1.77. The molecule has 102 valence electrons. The molecule has 2 aromatic carbocycles. The molecule has 0 aliphatic rings. The van der Waals surface area contributed by atoms with Gasteiger partial charge in [0.15, 0.2) is 0 Å². The SMILES string of the molecule is Cc1ccccc1N(O)C(=O)c1ccc([N+](=O)[O-])cc1. The highest BCUT2D eigenvalue weighted by molar-refractivity contribution is 6.04. The van der Waals surface area contributed by atoms with Gasteiger partial charge in [-0.15, -0.1) is 0 Å². The van der Waals surface area contributed by atoms with Gasteiger partial charge in [-0.05, 0) is 30.7 Å². The van der Waals surface area contributed by atoms with Crippen LogP contribution in [0, 0.1) is 17.0 Å². The van der Waals surface area contributed by atoms with E-state index in [1.807, 2.05) is 0 Å².